The van der Waals surface area contributed by atoms with E-state index >= 15 is 0 Å². The summed E-state index contributed by atoms with van der Waals surface area (Å²) in [5.74, 6) is -1.55. The van der Waals surface area contributed by atoms with Crippen molar-refractivity contribution in [3.8, 4) is 0 Å². The number of benzene rings is 2. The second-order valence-corrected chi connectivity index (χ2v) is 8.32. The number of esters is 1. The van der Waals surface area contributed by atoms with Crippen molar-refractivity contribution in [2.45, 2.75) is 25.7 Å². The molecule has 0 saturated heterocycles. The average Bonchev–Trinajstić information content (AvgIpc) is 2.73. The number of carbonyl (C=O) groups is 3. The lowest BCUT2D eigenvalue weighted by atomic mass is 10.1. The van der Waals surface area contributed by atoms with Crippen molar-refractivity contribution in [1.82, 2.24) is 4.31 Å². The zero-order chi connectivity index (χ0) is 22.3. The van der Waals surface area contributed by atoms with Crippen LogP contribution in [0.1, 0.15) is 41.5 Å². The molecule has 0 fully saturated rings. The van der Waals surface area contributed by atoms with Crippen molar-refractivity contribution in [1.29, 1.82) is 0 Å². The summed E-state index contributed by atoms with van der Waals surface area (Å²) in [5, 5.41) is 2.54. The predicted octanol–water partition coefficient (Wildman–Crippen LogP) is 2.72. The maximum Gasteiger partial charge on any atom is 0.338 e. The molecule has 8 nitrogen and oxygen atoms in total. The van der Waals surface area contributed by atoms with Gasteiger partial charge < -0.3 is 10.1 Å². The molecule has 160 valence electrons. The first-order chi connectivity index (χ1) is 14.2. The van der Waals surface area contributed by atoms with Gasteiger partial charge in [0.05, 0.1) is 10.5 Å². The molecule has 30 heavy (non-hydrogen) atoms. The molecule has 0 saturated carbocycles. The Kier molecular flexibility index (Phi) is 7.85. The minimum atomic E-state index is -3.72. The van der Waals surface area contributed by atoms with Crippen LogP contribution in [0.25, 0.3) is 0 Å². The number of Topliss-reactive ketones (excluding diaryl/α,β-unsaturated/α-hetero) is 1. The monoisotopic (exact) mass is 432 g/mol. The van der Waals surface area contributed by atoms with Crippen LogP contribution in [0.2, 0.25) is 0 Å². The Labute approximate surface area is 175 Å². The Hall–Kier alpha value is -3.04. The van der Waals surface area contributed by atoms with Crippen LogP contribution in [0.4, 0.5) is 5.69 Å². The highest BCUT2D eigenvalue weighted by Crippen LogP contribution is 2.17. The molecule has 0 aliphatic heterocycles. The fourth-order valence-corrected chi connectivity index (χ4v) is 4.23. The van der Waals surface area contributed by atoms with E-state index < -0.39 is 28.5 Å². The highest BCUT2D eigenvalue weighted by atomic mass is 32.2. The molecule has 9 heteroatoms. The van der Waals surface area contributed by atoms with Crippen LogP contribution in [-0.2, 0) is 19.6 Å². The molecule has 1 amide bonds. The normalized spacial score (nSPS) is 11.2. The second-order valence-electron chi connectivity index (χ2n) is 6.38. The molecule has 2 aromatic carbocycles. The highest BCUT2D eigenvalue weighted by molar-refractivity contribution is 7.89. The lowest BCUT2D eigenvalue weighted by Gasteiger charge is -2.18. The molecular formula is C21H24N2O6S. The number of sulfonamides is 1. The van der Waals surface area contributed by atoms with Gasteiger partial charge in [-0.3, -0.25) is 9.59 Å². The van der Waals surface area contributed by atoms with Crippen molar-refractivity contribution < 1.29 is 27.5 Å². The van der Waals surface area contributed by atoms with Gasteiger partial charge in [0.15, 0.2) is 12.4 Å². The van der Waals surface area contributed by atoms with Gasteiger partial charge in [-0.25, -0.2) is 13.2 Å². The van der Waals surface area contributed by atoms with Gasteiger partial charge in [0, 0.05) is 24.3 Å². The van der Waals surface area contributed by atoms with Crippen LogP contribution >= 0.6 is 0 Å². The first-order valence-electron chi connectivity index (χ1n) is 9.37. The second kappa shape index (κ2) is 10.1. The van der Waals surface area contributed by atoms with Gasteiger partial charge in [0.1, 0.15) is 0 Å². The van der Waals surface area contributed by atoms with E-state index in [0.29, 0.717) is 24.3 Å². The highest BCUT2D eigenvalue weighted by Gasteiger charge is 2.23. The number of rotatable bonds is 9. The van der Waals surface area contributed by atoms with Gasteiger partial charge >= 0.3 is 5.97 Å². The Bertz CT molecular complexity index is 1040. The molecule has 0 radical (unpaired) electrons. The zero-order valence-electron chi connectivity index (χ0n) is 17.0. The molecule has 0 heterocycles. The number of hydrogen-bond donors (Lipinski definition) is 1. The molecule has 0 aliphatic rings. The third kappa shape index (κ3) is 5.74. The average molecular weight is 432 g/mol. The third-order valence-electron chi connectivity index (χ3n) is 4.30. The van der Waals surface area contributed by atoms with Gasteiger partial charge in [-0.15, -0.1) is 0 Å². The van der Waals surface area contributed by atoms with E-state index in [0.717, 1.165) is 0 Å². The summed E-state index contributed by atoms with van der Waals surface area (Å²) >= 11 is 0. The van der Waals surface area contributed by atoms with E-state index in [4.69, 9.17) is 4.74 Å². The van der Waals surface area contributed by atoms with E-state index in [9.17, 15) is 22.8 Å². The van der Waals surface area contributed by atoms with Crippen LogP contribution in [0.5, 0.6) is 0 Å². The van der Waals surface area contributed by atoms with Crippen molar-refractivity contribution in [2.24, 2.45) is 0 Å². The summed E-state index contributed by atoms with van der Waals surface area (Å²) in [6, 6.07) is 11.9. The van der Waals surface area contributed by atoms with Crippen LogP contribution in [0.15, 0.2) is 53.4 Å². The van der Waals surface area contributed by atoms with Gasteiger partial charge in [0.25, 0.3) is 5.91 Å². The molecule has 0 aliphatic carbocycles. The van der Waals surface area contributed by atoms with E-state index in [1.165, 1.54) is 41.6 Å². The molecule has 0 atom stereocenters. The first-order valence-corrected chi connectivity index (χ1v) is 10.8. The topological polar surface area (TPSA) is 110 Å². The maximum absolute atomic E-state index is 12.6. The molecule has 1 N–H and O–H groups in total. The van der Waals surface area contributed by atoms with Gasteiger partial charge in [-0.1, -0.05) is 32.0 Å². The number of nitrogens with zero attached hydrogens (tertiary/aromatic N) is 1. The minimum absolute atomic E-state index is 0.0221. The van der Waals surface area contributed by atoms with E-state index in [1.807, 2.05) is 0 Å². The third-order valence-corrected chi connectivity index (χ3v) is 6.35. The number of carbonyl (C=O) groups excluding carboxylic acids is 3. The van der Waals surface area contributed by atoms with Crippen molar-refractivity contribution in [3.05, 3.63) is 59.7 Å². The van der Waals surface area contributed by atoms with E-state index in [2.05, 4.69) is 5.32 Å². The lowest BCUT2D eigenvalue weighted by molar-refractivity contribution is -0.119. The number of anilines is 1. The number of ketones is 1. The summed E-state index contributed by atoms with van der Waals surface area (Å²) in [7, 11) is -3.72. The molecule has 0 spiro atoms. The molecule has 0 bridgehead atoms. The van der Waals surface area contributed by atoms with Crippen molar-refractivity contribution in [2.75, 3.05) is 25.0 Å². The van der Waals surface area contributed by atoms with Crippen molar-refractivity contribution >= 4 is 33.4 Å². The quantitative estimate of drug-likeness (QED) is 0.482. The van der Waals surface area contributed by atoms with Gasteiger partial charge in [-0.05, 0) is 37.3 Å². The Morgan fingerprint density at radius 1 is 0.967 bits per heavy atom. The van der Waals surface area contributed by atoms with Crippen LogP contribution in [0, 0.1) is 0 Å². The number of amides is 1. The predicted molar refractivity (Wildman–Crippen MR) is 112 cm³/mol. The van der Waals surface area contributed by atoms with E-state index in [-0.39, 0.29) is 16.2 Å². The van der Waals surface area contributed by atoms with E-state index in [1.54, 1.807) is 32.0 Å². The summed E-state index contributed by atoms with van der Waals surface area (Å²) in [4.78, 5) is 35.7. The zero-order valence-corrected chi connectivity index (χ0v) is 17.9. The summed E-state index contributed by atoms with van der Waals surface area (Å²) < 4.78 is 31.5. The van der Waals surface area contributed by atoms with Crippen LogP contribution in [0.3, 0.4) is 0 Å². The molecule has 0 aromatic heterocycles. The smallest absolute Gasteiger partial charge is 0.338 e. The Morgan fingerprint density at radius 2 is 1.60 bits per heavy atom. The molecular weight excluding hydrogens is 408 g/mol. The fourth-order valence-electron chi connectivity index (χ4n) is 2.72. The Balaban J connectivity index is 2.04. The summed E-state index contributed by atoms with van der Waals surface area (Å²) in [6.07, 6.45) is 0. The minimum Gasteiger partial charge on any atom is -0.452 e. The summed E-state index contributed by atoms with van der Waals surface area (Å²) in [5.41, 5.74) is 0.863. The van der Waals surface area contributed by atoms with Gasteiger partial charge in [-0.2, -0.15) is 4.31 Å². The maximum atomic E-state index is 12.6. The molecule has 2 rings (SSSR count). The summed E-state index contributed by atoms with van der Waals surface area (Å²) in [6.45, 7) is 4.91. The largest absolute Gasteiger partial charge is 0.452 e. The van der Waals surface area contributed by atoms with Crippen molar-refractivity contribution in [3.63, 3.8) is 0 Å². The molecule has 2 aromatic rings. The number of hydrogen-bond acceptors (Lipinski definition) is 6. The lowest BCUT2D eigenvalue weighted by Crippen LogP contribution is -2.30. The standard InChI is InChI=1S/C21H24N2O6S/c1-4-23(5-2)30(27,28)19-11-7-9-17(13-19)21(26)29-14-20(25)22-18-10-6-8-16(12-18)15(3)24/h6-13H,4-5,14H2,1-3H3,(H,22,25). The SMILES string of the molecule is CCN(CC)S(=O)(=O)c1cccc(C(=O)OCC(=O)Nc2cccc(C(C)=O)c2)c1. The first kappa shape index (κ1) is 23.2. The van der Waals surface area contributed by atoms with Crippen LogP contribution in [-0.4, -0.2) is 50.1 Å². The number of ether oxygens (including phenoxy) is 1. The van der Waals surface area contributed by atoms with Gasteiger partial charge in [0.2, 0.25) is 10.0 Å². The number of nitrogens with one attached hydrogen (secondary N) is 1. The van der Waals surface area contributed by atoms with Crippen LogP contribution < -0.4 is 5.32 Å². The fraction of sp³-hybridized carbons (Fsp3) is 0.286. The molecule has 0 unspecified atom stereocenters. The Morgan fingerprint density at radius 3 is 2.23 bits per heavy atom.